The molecule has 0 unspecified atom stereocenters. The Morgan fingerprint density at radius 2 is 2.07 bits per heavy atom. The first-order valence-electron chi connectivity index (χ1n) is 4.68. The molecule has 0 radical (unpaired) electrons. The lowest BCUT2D eigenvalue weighted by atomic mass is 9.98. The maximum absolute atomic E-state index is 8.58. The van der Waals surface area contributed by atoms with E-state index in [0.29, 0.717) is 13.1 Å². The van der Waals surface area contributed by atoms with Crippen LogP contribution in [0.4, 0.5) is 0 Å². The standard InChI is InChI=1S/C9H17N3OS/c1-9(2,3)8-12-11-7(14-8)6-10-4-5-13/h10,13H,4-6H2,1-3H3. The summed E-state index contributed by atoms with van der Waals surface area (Å²) in [6.45, 7) is 7.82. The lowest BCUT2D eigenvalue weighted by Gasteiger charge is -2.12. The van der Waals surface area contributed by atoms with Crippen molar-refractivity contribution >= 4 is 11.3 Å². The summed E-state index contributed by atoms with van der Waals surface area (Å²) < 4.78 is 0. The molecular formula is C9H17N3OS. The topological polar surface area (TPSA) is 58.0 Å². The summed E-state index contributed by atoms with van der Waals surface area (Å²) in [6, 6.07) is 0. The second kappa shape index (κ2) is 4.82. The first-order valence-corrected chi connectivity index (χ1v) is 5.50. The molecule has 0 bridgehead atoms. The van der Waals surface area contributed by atoms with Gasteiger partial charge in [-0.1, -0.05) is 32.1 Å². The van der Waals surface area contributed by atoms with Gasteiger partial charge in [-0.3, -0.25) is 0 Å². The molecule has 2 N–H and O–H groups in total. The summed E-state index contributed by atoms with van der Waals surface area (Å²) in [7, 11) is 0. The highest BCUT2D eigenvalue weighted by molar-refractivity contribution is 7.11. The number of nitrogens with zero attached hydrogens (tertiary/aromatic N) is 2. The number of aliphatic hydroxyl groups excluding tert-OH is 1. The van der Waals surface area contributed by atoms with Crippen LogP contribution in [-0.2, 0) is 12.0 Å². The van der Waals surface area contributed by atoms with E-state index >= 15 is 0 Å². The van der Waals surface area contributed by atoms with Crippen molar-refractivity contribution < 1.29 is 5.11 Å². The number of nitrogens with one attached hydrogen (secondary N) is 1. The Bertz CT molecular complexity index is 280. The number of hydrogen-bond acceptors (Lipinski definition) is 5. The number of rotatable bonds is 4. The van der Waals surface area contributed by atoms with Gasteiger partial charge in [-0.05, 0) is 0 Å². The van der Waals surface area contributed by atoms with Gasteiger partial charge in [0.25, 0.3) is 0 Å². The largest absolute Gasteiger partial charge is 0.395 e. The third kappa shape index (κ3) is 3.32. The van der Waals surface area contributed by atoms with Gasteiger partial charge in [-0.25, -0.2) is 0 Å². The zero-order valence-electron chi connectivity index (χ0n) is 8.87. The Morgan fingerprint density at radius 3 is 2.57 bits per heavy atom. The average molecular weight is 215 g/mol. The molecule has 80 valence electrons. The van der Waals surface area contributed by atoms with Crippen molar-refractivity contribution in [3.63, 3.8) is 0 Å². The molecule has 4 nitrogen and oxygen atoms in total. The highest BCUT2D eigenvalue weighted by Gasteiger charge is 2.18. The zero-order valence-corrected chi connectivity index (χ0v) is 9.69. The van der Waals surface area contributed by atoms with Crippen LogP contribution in [0.15, 0.2) is 0 Å². The van der Waals surface area contributed by atoms with E-state index in [1.807, 2.05) is 0 Å². The molecule has 0 saturated carbocycles. The van der Waals surface area contributed by atoms with E-state index in [9.17, 15) is 0 Å². The van der Waals surface area contributed by atoms with Gasteiger partial charge in [-0.15, -0.1) is 10.2 Å². The zero-order chi connectivity index (χ0) is 10.6. The van der Waals surface area contributed by atoms with Crippen molar-refractivity contribution in [2.24, 2.45) is 0 Å². The maximum atomic E-state index is 8.58. The molecule has 1 heterocycles. The van der Waals surface area contributed by atoms with Gasteiger partial charge >= 0.3 is 0 Å². The second-order valence-electron chi connectivity index (χ2n) is 4.15. The van der Waals surface area contributed by atoms with E-state index in [-0.39, 0.29) is 12.0 Å². The quantitative estimate of drug-likeness (QED) is 0.733. The summed E-state index contributed by atoms with van der Waals surface area (Å²) in [5.41, 5.74) is 0.0763. The Balaban J connectivity index is 2.51. The minimum absolute atomic E-state index is 0.0763. The molecule has 0 atom stereocenters. The number of aliphatic hydroxyl groups is 1. The fraction of sp³-hybridized carbons (Fsp3) is 0.778. The van der Waals surface area contributed by atoms with Crippen LogP contribution in [0.5, 0.6) is 0 Å². The van der Waals surface area contributed by atoms with Crippen LogP contribution >= 0.6 is 11.3 Å². The normalized spacial score (nSPS) is 12.0. The molecule has 1 aromatic rings. The molecule has 1 aromatic heterocycles. The second-order valence-corrected chi connectivity index (χ2v) is 5.21. The fourth-order valence-electron chi connectivity index (χ4n) is 0.903. The van der Waals surface area contributed by atoms with E-state index in [1.165, 1.54) is 0 Å². The first kappa shape index (κ1) is 11.6. The summed E-state index contributed by atoms with van der Waals surface area (Å²) >= 11 is 1.62. The Labute approximate surface area is 88.4 Å². The van der Waals surface area contributed by atoms with E-state index in [1.54, 1.807) is 11.3 Å². The number of aromatic nitrogens is 2. The molecule has 14 heavy (non-hydrogen) atoms. The molecule has 0 amide bonds. The van der Waals surface area contributed by atoms with Crippen molar-refractivity contribution in [2.75, 3.05) is 13.2 Å². The van der Waals surface area contributed by atoms with Crippen LogP contribution < -0.4 is 5.32 Å². The van der Waals surface area contributed by atoms with Gasteiger partial charge in [0, 0.05) is 18.5 Å². The molecule has 0 aromatic carbocycles. The van der Waals surface area contributed by atoms with Crippen molar-refractivity contribution in [1.82, 2.24) is 15.5 Å². The van der Waals surface area contributed by atoms with Crippen LogP contribution in [0.3, 0.4) is 0 Å². The Morgan fingerprint density at radius 1 is 1.36 bits per heavy atom. The van der Waals surface area contributed by atoms with E-state index in [2.05, 4.69) is 36.3 Å². The van der Waals surface area contributed by atoms with Gasteiger partial charge in [0.2, 0.25) is 0 Å². The van der Waals surface area contributed by atoms with Crippen LogP contribution in [0.2, 0.25) is 0 Å². The molecule has 0 aliphatic heterocycles. The van der Waals surface area contributed by atoms with Crippen LogP contribution in [0, 0.1) is 0 Å². The molecule has 1 rings (SSSR count). The predicted octanol–water partition coefficient (Wildman–Crippen LogP) is 0.917. The Hall–Kier alpha value is -0.520. The van der Waals surface area contributed by atoms with E-state index in [4.69, 9.17) is 5.11 Å². The van der Waals surface area contributed by atoms with Gasteiger partial charge in [0.1, 0.15) is 10.0 Å². The third-order valence-electron chi connectivity index (χ3n) is 1.67. The highest BCUT2D eigenvalue weighted by Crippen LogP contribution is 2.24. The summed E-state index contributed by atoms with van der Waals surface area (Å²) in [5, 5.41) is 21.9. The van der Waals surface area contributed by atoms with E-state index < -0.39 is 0 Å². The lowest BCUT2D eigenvalue weighted by molar-refractivity contribution is 0.292. The highest BCUT2D eigenvalue weighted by atomic mass is 32.1. The van der Waals surface area contributed by atoms with E-state index in [0.717, 1.165) is 10.0 Å². The van der Waals surface area contributed by atoms with Crippen LogP contribution in [0.25, 0.3) is 0 Å². The number of hydrogen-bond donors (Lipinski definition) is 2. The SMILES string of the molecule is CC(C)(C)c1nnc(CNCCO)s1. The molecule has 0 aliphatic carbocycles. The molecule has 0 spiro atoms. The summed E-state index contributed by atoms with van der Waals surface area (Å²) in [4.78, 5) is 0. The average Bonchev–Trinajstić information content (AvgIpc) is 2.52. The molecule has 0 saturated heterocycles. The Kier molecular flexibility index (Phi) is 3.97. The molecule has 0 aliphatic rings. The fourth-order valence-corrected chi connectivity index (χ4v) is 1.77. The monoisotopic (exact) mass is 215 g/mol. The third-order valence-corrected chi connectivity index (χ3v) is 3.02. The van der Waals surface area contributed by atoms with Crippen molar-refractivity contribution in [2.45, 2.75) is 32.7 Å². The van der Waals surface area contributed by atoms with Gasteiger partial charge in [0.05, 0.1) is 6.61 Å². The maximum Gasteiger partial charge on any atom is 0.131 e. The smallest absolute Gasteiger partial charge is 0.131 e. The molecule has 0 fully saturated rings. The first-order chi connectivity index (χ1) is 6.54. The molecular weight excluding hydrogens is 198 g/mol. The molecule has 5 heteroatoms. The summed E-state index contributed by atoms with van der Waals surface area (Å²) in [5.74, 6) is 0. The minimum atomic E-state index is 0.0763. The summed E-state index contributed by atoms with van der Waals surface area (Å²) in [6.07, 6.45) is 0. The van der Waals surface area contributed by atoms with Gasteiger partial charge in [-0.2, -0.15) is 0 Å². The predicted molar refractivity (Wildman–Crippen MR) is 57.4 cm³/mol. The van der Waals surface area contributed by atoms with Crippen LogP contribution in [0.1, 0.15) is 30.8 Å². The van der Waals surface area contributed by atoms with Gasteiger partial charge in [0.15, 0.2) is 0 Å². The van der Waals surface area contributed by atoms with Crippen molar-refractivity contribution in [1.29, 1.82) is 0 Å². The van der Waals surface area contributed by atoms with Crippen molar-refractivity contribution in [3.05, 3.63) is 10.0 Å². The van der Waals surface area contributed by atoms with Crippen molar-refractivity contribution in [3.8, 4) is 0 Å². The lowest BCUT2D eigenvalue weighted by Crippen LogP contribution is -2.17. The van der Waals surface area contributed by atoms with Gasteiger partial charge < -0.3 is 10.4 Å². The minimum Gasteiger partial charge on any atom is -0.395 e. The van der Waals surface area contributed by atoms with Crippen LogP contribution in [-0.4, -0.2) is 28.5 Å².